The Labute approximate surface area is 140 Å². The van der Waals surface area contributed by atoms with E-state index in [1.165, 1.54) is 0 Å². The number of nitrogens with zero attached hydrogens (tertiary/aromatic N) is 1. The van der Waals surface area contributed by atoms with Gasteiger partial charge in [-0.1, -0.05) is 54.1 Å². The number of para-hydroxylation sites is 1. The molecule has 0 N–H and O–H groups in total. The molecule has 5 heteroatoms. The summed E-state index contributed by atoms with van der Waals surface area (Å²) in [6.45, 7) is 1.62. The number of benzene rings is 2. The number of rotatable bonds is 4. The molecule has 0 aliphatic carbocycles. The molecular formula is C18H18ClNO3. The molecule has 4 nitrogen and oxygen atoms in total. The molecular weight excluding hydrogens is 314 g/mol. The number of hydrogen-bond acceptors (Lipinski definition) is 3. The third-order valence-corrected chi connectivity index (χ3v) is 4.09. The van der Waals surface area contributed by atoms with Crippen LogP contribution in [0.2, 0.25) is 5.02 Å². The minimum Gasteiger partial charge on any atom is -0.482 e. The van der Waals surface area contributed by atoms with E-state index >= 15 is 0 Å². The van der Waals surface area contributed by atoms with Crippen LogP contribution in [0.4, 0.5) is 0 Å². The van der Waals surface area contributed by atoms with Crippen LogP contribution in [0.1, 0.15) is 11.7 Å². The highest BCUT2D eigenvalue weighted by Gasteiger charge is 2.25. The second-order valence-electron chi connectivity index (χ2n) is 5.33. The fourth-order valence-electron chi connectivity index (χ4n) is 2.54. The molecule has 0 radical (unpaired) electrons. The van der Waals surface area contributed by atoms with Gasteiger partial charge in [0.15, 0.2) is 6.61 Å². The van der Waals surface area contributed by atoms with Gasteiger partial charge in [-0.05, 0) is 17.7 Å². The van der Waals surface area contributed by atoms with Crippen LogP contribution in [0.25, 0.3) is 0 Å². The highest BCUT2D eigenvalue weighted by molar-refractivity contribution is 6.32. The molecule has 3 rings (SSSR count). The van der Waals surface area contributed by atoms with Crippen molar-refractivity contribution in [2.75, 3.05) is 26.3 Å². The highest BCUT2D eigenvalue weighted by Crippen LogP contribution is 2.24. The molecule has 1 fully saturated rings. The number of morpholine rings is 1. The molecule has 23 heavy (non-hydrogen) atoms. The zero-order chi connectivity index (χ0) is 16.1. The van der Waals surface area contributed by atoms with Crippen LogP contribution in [0, 0.1) is 0 Å². The van der Waals surface area contributed by atoms with E-state index in [2.05, 4.69) is 0 Å². The fraction of sp³-hybridized carbons (Fsp3) is 0.278. The monoisotopic (exact) mass is 331 g/mol. The fourth-order valence-corrected chi connectivity index (χ4v) is 2.73. The molecule has 2 aromatic carbocycles. The molecule has 1 aliphatic rings. The average molecular weight is 332 g/mol. The lowest BCUT2D eigenvalue weighted by Gasteiger charge is -2.33. The number of halogens is 1. The van der Waals surface area contributed by atoms with Crippen LogP contribution in [-0.2, 0) is 9.53 Å². The van der Waals surface area contributed by atoms with E-state index in [0.717, 1.165) is 5.56 Å². The molecule has 1 unspecified atom stereocenters. The van der Waals surface area contributed by atoms with Crippen molar-refractivity contribution in [1.29, 1.82) is 0 Å². The summed E-state index contributed by atoms with van der Waals surface area (Å²) >= 11 is 6.03. The number of ether oxygens (including phenoxy) is 2. The van der Waals surface area contributed by atoms with Crippen molar-refractivity contribution in [2.45, 2.75) is 6.10 Å². The SMILES string of the molecule is O=C(COc1ccccc1Cl)N1CCOC(c2ccccc2)C1. The standard InChI is InChI=1S/C18H18ClNO3/c19-15-8-4-5-9-16(15)23-13-18(21)20-10-11-22-17(12-20)14-6-2-1-3-7-14/h1-9,17H,10-13H2. The second-order valence-corrected chi connectivity index (χ2v) is 5.74. The van der Waals surface area contributed by atoms with Gasteiger partial charge in [0.1, 0.15) is 11.9 Å². The van der Waals surface area contributed by atoms with E-state index in [4.69, 9.17) is 21.1 Å². The van der Waals surface area contributed by atoms with Crippen molar-refractivity contribution in [3.63, 3.8) is 0 Å². The molecule has 1 aliphatic heterocycles. The highest BCUT2D eigenvalue weighted by atomic mass is 35.5. The van der Waals surface area contributed by atoms with Crippen molar-refractivity contribution in [2.24, 2.45) is 0 Å². The average Bonchev–Trinajstić information content (AvgIpc) is 2.62. The van der Waals surface area contributed by atoms with Gasteiger partial charge in [-0.15, -0.1) is 0 Å². The lowest BCUT2D eigenvalue weighted by Crippen LogP contribution is -2.44. The van der Waals surface area contributed by atoms with Gasteiger partial charge in [-0.3, -0.25) is 4.79 Å². The normalized spacial score (nSPS) is 17.8. The van der Waals surface area contributed by atoms with Crippen molar-refractivity contribution in [3.05, 3.63) is 65.2 Å². The van der Waals surface area contributed by atoms with E-state index in [-0.39, 0.29) is 18.6 Å². The minimum absolute atomic E-state index is 0.0226. The number of hydrogen-bond donors (Lipinski definition) is 0. The lowest BCUT2D eigenvalue weighted by atomic mass is 10.1. The zero-order valence-electron chi connectivity index (χ0n) is 12.7. The van der Waals surface area contributed by atoms with Gasteiger partial charge < -0.3 is 14.4 Å². The molecule has 0 bridgehead atoms. The van der Waals surface area contributed by atoms with Gasteiger partial charge in [0.25, 0.3) is 5.91 Å². The lowest BCUT2D eigenvalue weighted by molar-refractivity contribution is -0.141. The first-order valence-electron chi connectivity index (χ1n) is 7.55. The van der Waals surface area contributed by atoms with Gasteiger partial charge in [0, 0.05) is 6.54 Å². The Bertz CT molecular complexity index is 662. The number of amides is 1. The zero-order valence-corrected chi connectivity index (χ0v) is 13.4. The molecule has 0 saturated carbocycles. The van der Waals surface area contributed by atoms with E-state index in [0.29, 0.717) is 30.5 Å². The summed E-state index contributed by atoms with van der Waals surface area (Å²) in [5, 5.41) is 0.504. The first-order valence-corrected chi connectivity index (χ1v) is 7.93. The molecule has 1 atom stereocenters. The Balaban J connectivity index is 1.58. The quantitative estimate of drug-likeness (QED) is 0.862. The van der Waals surface area contributed by atoms with Crippen LogP contribution in [0.15, 0.2) is 54.6 Å². The Morgan fingerprint density at radius 3 is 2.70 bits per heavy atom. The predicted molar refractivity (Wildman–Crippen MR) is 88.7 cm³/mol. The van der Waals surface area contributed by atoms with Crippen molar-refractivity contribution < 1.29 is 14.3 Å². The number of carbonyl (C=O) groups is 1. The molecule has 120 valence electrons. The molecule has 0 spiro atoms. The molecule has 1 amide bonds. The van der Waals surface area contributed by atoms with Gasteiger partial charge >= 0.3 is 0 Å². The molecule has 1 saturated heterocycles. The summed E-state index contributed by atoms with van der Waals surface area (Å²) in [5.41, 5.74) is 1.08. The van der Waals surface area contributed by atoms with Crippen LogP contribution >= 0.6 is 11.6 Å². The summed E-state index contributed by atoms with van der Waals surface area (Å²) in [4.78, 5) is 14.1. The van der Waals surface area contributed by atoms with Crippen LogP contribution in [0.3, 0.4) is 0 Å². The Morgan fingerprint density at radius 1 is 1.17 bits per heavy atom. The third kappa shape index (κ3) is 4.03. The Hall–Kier alpha value is -2.04. The summed E-state index contributed by atoms with van der Waals surface area (Å²) < 4.78 is 11.3. The Morgan fingerprint density at radius 2 is 1.91 bits per heavy atom. The van der Waals surface area contributed by atoms with Crippen LogP contribution in [0.5, 0.6) is 5.75 Å². The van der Waals surface area contributed by atoms with Crippen LogP contribution < -0.4 is 4.74 Å². The maximum absolute atomic E-state index is 12.4. The van der Waals surface area contributed by atoms with Gasteiger partial charge in [-0.25, -0.2) is 0 Å². The maximum atomic E-state index is 12.4. The predicted octanol–water partition coefficient (Wildman–Crippen LogP) is 3.32. The van der Waals surface area contributed by atoms with Crippen molar-refractivity contribution in [3.8, 4) is 5.75 Å². The summed E-state index contributed by atoms with van der Waals surface area (Å²) in [6.07, 6.45) is -0.0887. The van der Waals surface area contributed by atoms with Crippen molar-refractivity contribution in [1.82, 2.24) is 4.90 Å². The molecule has 2 aromatic rings. The second kappa shape index (κ2) is 7.49. The van der Waals surface area contributed by atoms with Gasteiger partial charge in [0.05, 0.1) is 18.2 Å². The third-order valence-electron chi connectivity index (χ3n) is 3.78. The van der Waals surface area contributed by atoms with Gasteiger partial charge in [-0.2, -0.15) is 0 Å². The molecule has 1 heterocycles. The van der Waals surface area contributed by atoms with Crippen LogP contribution in [-0.4, -0.2) is 37.1 Å². The maximum Gasteiger partial charge on any atom is 0.260 e. The number of carbonyl (C=O) groups excluding carboxylic acids is 1. The topological polar surface area (TPSA) is 38.8 Å². The van der Waals surface area contributed by atoms with Gasteiger partial charge in [0.2, 0.25) is 0 Å². The summed E-state index contributed by atoms with van der Waals surface area (Å²) in [7, 11) is 0. The van der Waals surface area contributed by atoms with E-state index in [9.17, 15) is 4.79 Å². The van der Waals surface area contributed by atoms with E-state index in [1.807, 2.05) is 42.5 Å². The van der Waals surface area contributed by atoms with Crippen molar-refractivity contribution >= 4 is 17.5 Å². The molecule has 0 aromatic heterocycles. The Kier molecular flexibility index (Phi) is 5.16. The minimum atomic E-state index is -0.0887. The van der Waals surface area contributed by atoms with E-state index < -0.39 is 0 Å². The largest absolute Gasteiger partial charge is 0.482 e. The first-order chi connectivity index (χ1) is 11.2. The first kappa shape index (κ1) is 15.8. The summed E-state index contributed by atoms with van der Waals surface area (Å²) in [6, 6.07) is 17.1. The summed E-state index contributed by atoms with van der Waals surface area (Å²) in [5.74, 6) is 0.463. The van der Waals surface area contributed by atoms with E-state index in [1.54, 1.807) is 17.0 Å². The smallest absolute Gasteiger partial charge is 0.260 e.